The van der Waals surface area contributed by atoms with Crippen LogP contribution in [0, 0.1) is 5.92 Å². The second-order valence-corrected chi connectivity index (χ2v) is 4.48. The molecule has 5 heteroatoms. The van der Waals surface area contributed by atoms with E-state index in [1.807, 2.05) is 6.20 Å². The second-order valence-electron chi connectivity index (χ2n) is 4.48. The van der Waals surface area contributed by atoms with Gasteiger partial charge < -0.3 is 15.4 Å². The minimum Gasteiger partial charge on any atom is -0.384 e. The Morgan fingerprint density at radius 2 is 2.41 bits per heavy atom. The Hall–Kier alpha value is -1.20. The first-order chi connectivity index (χ1) is 8.33. The average molecular weight is 236 g/mol. The van der Waals surface area contributed by atoms with Gasteiger partial charge in [-0.05, 0) is 18.8 Å². The Morgan fingerprint density at radius 1 is 1.53 bits per heavy atom. The van der Waals surface area contributed by atoms with Crippen LogP contribution in [0.2, 0.25) is 0 Å². The molecule has 5 nitrogen and oxygen atoms in total. The molecule has 0 radical (unpaired) electrons. The molecule has 1 atom stereocenters. The van der Waals surface area contributed by atoms with Gasteiger partial charge in [0.1, 0.15) is 5.82 Å². The minimum absolute atomic E-state index is 0.441. The number of nitrogens with two attached hydrogens (primary N) is 1. The highest BCUT2D eigenvalue weighted by molar-refractivity contribution is 5.37. The van der Waals surface area contributed by atoms with E-state index in [1.165, 1.54) is 12.8 Å². The predicted octanol–water partition coefficient (Wildman–Crippen LogP) is 0.798. The molecule has 0 aromatic carbocycles. The van der Waals surface area contributed by atoms with Crippen molar-refractivity contribution in [2.75, 3.05) is 31.7 Å². The van der Waals surface area contributed by atoms with E-state index in [1.54, 1.807) is 13.3 Å². The monoisotopic (exact) mass is 236 g/mol. The first kappa shape index (κ1) is 12.3. The zero-order valence-electron chi connectivity index (χ0n) is 10.3. The van der Waals surface area contributed by atoms with Gasteiger partial charge in [-0.2, -0.15) is 0 Å². The zero-order chi connectivity index (χ0) is 12.1. The molecule has 1 saturated heterocycles. The Balaban J connectivity index is 2.05. The highest BCUT2D eigenvalue weighted by Gasteiger charge is 2.21. The van der Waals surface area contributed by atoms with Crippen LogP contribution in [0.5, 0.6) is 0 Å². The molecule has 1 unspecified atom stereocenters. The molecule has 0 amide bonds. The van der Waals surface area contributed by atoms with E-state index in [2.05, 4.69) is 14.9 Å². The van der Waals surface area contributed by atoms with Gasteiger partial charge in [-0.25, -0.2) is 4.98 Å². The molecule has 1 fully saturated rings. The van der Waals surface area contributed by atoms with Crippen LogP contribution in [-0.4, -0.2) is 36.8 Å². The van der Waals surface area contributed by atoms with Crippen LogP contribution in [0.4, 0.5) is 5.82 Å². The van der Waals surface area contributed by atoms with E-state index in [-0.39, 0.29) is 0 Å². The van der Waals surface area contributed by atoms with Crippen molar-refractivity contribution in [3.8, 4) is 0 Å². The van der Waals surface area contributed by atoms with Gasteiger partial charge in [-0.3, -0.25) is 4.98 Å². The molecule has 1 aromatic heterocycles. The second kappa shape index (κ2) is 5.93. The van der Waals surface area contributed by atoms with Crippen molar-refractivity contribution in [3.63, 3.8) is 0 Å². The quantitative estimate of drug-likeness (QED) is 0.837. The largest absolute Gasteiger partial charge is 0.384 e. The Morgan fingerprint density at radius 3 is 3.18 bits per heavy atom. The summed E-state index contributed by atoms with van der Waals surface area (Å²) in [6.07, 6.45) is 5.95. The van der Waals surface area contributed by atoms with Gasteiger partial charge in [0.15, 0.2) is 0 Å². The van der Waals surface area contributed by atoms with E-state index in [0.29, 0.717) is 12.5 Å². The summed E-state index contributed by atoms with van der Waals surface area (Å²) in [7, 11) is 1.76. The number of nitrogens with zero attached hydrogens (tertiary/aromatic N) is 3. The van der Waals surface area contributed by atoms with Gasteiger partial charge >= 0.3 is 0 Å². The summed E-state index contributed by atoms with van der Waals surface area (Å²) in [4.78, 5) is 11.0. The van der Waals surface area contributed by atoms with Gasteiger partial charge in [0.2, 0.25) is 0 Å². The number of piperidine rings is 1. The number of anilines is 1. The Labute approximate surface area is 102 Å². The lowest BCUT2D eigenvalue weighted by molar-refractivity contribution is 0.143. The normalized spacial score (nSPS) is 20.6. The summed E-state index contributed by atoms with van der Waals surface area (Å²) >= 11 is 0. The van der Waals surface area contributed by atoms with E-state index in [4.69, 9.17) is 10.5 Å². The van der Waals surface area contributed by atoms with Gasteiger partial charge in [0.05, 0.1) is 18.5 Å². The molecular weight excluding hydrogens is 216 g/mol. The lowest BCUT2D eigenvalue weighted by atomic mass is 9.99. The maximum atomic E-state index is 5.58. The molecule has 1 aromatic rings. The summed E-state index contributed by atoms with van der Waals surface area (Å²) in [6, 6.07) is 0. The average Bonchev–Trinajstić information content (AvgIpc) is 2.40. The highest BCUT2D eigenvalue weighted by Crippen LogP contribution is 2.21. The standard InChI is InChI=1S/C12H20N4O/c1-17-9-10-3-2-4-16(8-10)12-7-14-6-11(5-13)15-12/h6-7,10H,2-5,8-9,13H2,1H3. The van der Waals surface area contributed by atoms with Crippen LogP contribution in [0.1, 0.15) is 18.5 Å². The predicted molar refractivity (Wildman–Crippen MR) is 66.7 cm³/mol. The van der Waals surface area contributed by atoms with Gasteiger partial charge in [0, 0.05) is 32.9 Å². The van der Waals surface area contributed by atoms with Crippen LogP contribution in [-0.2, 0) is 11.3 Å². The Kier molecular flexibility index (Phi) is 4.28. The third-order valence-electron chi connectivity index (χ3n) is 3.13. The SMILES string of the molecule is COCC1CCCN(c2cncc(CN)n2)C1. The molecule has 0 spiro atoms. The first-order valence-electron chi connectivity index (χ1n) is 6.08. The topological polar surface area (TPSA) is 64.3 Å². The Bertz CT molecular complexity index is 356. The van der Waals surface area contributed by atoms with Crippen molar-refractivity contribution >= 4 is 5.82 Å². The van der Waals surface area contributed by atoms with E-state index in [9.17, 15) is 0 Å². The van der Waals surface area contributed by atoms with Crippen LogP contribution in [0.15, 0.2) is 12.4 Å². The fourth-order valence-corrected chi connectivity index (χ4v) is 2.29. The zero-order valence-corrected chi connectivity index (χ0v) is 10.3. The minimum atomic E-state index is 0.441. The number of hydrogen-bond donors (Lipinski definition) is 1. The summed E-state index contributed by atoms with van der Waals surface area (Å²) in [5.74, 6) is 1.53. The number of hydrogen-bond acceptors (Lipinski definition) is 5. The van der Waals surface area contributed by atoms with Crippen molar-refractivity contribution in [3.05, 3.63) is 18.1 Å². The molecular formula is C12H20N4O. The van der Waals surface area contributed by atoms with Crippen molar-refractivity contribution in [1.82, 2.24) is 9.97 Å². The molecule has 2 rings (SSSR count). The van der Waals surface area contributed by atoms with Crippen molar-refractivity contribution in [1.29, 1.82) is 0 Å². The third kappa shape index (κ3) is 3.14. The fourth-order valence-electron chi connectivity index (χ4n) is 2.29. The summed E-state index contributed by atoms with van der Waals surface area (Å²) in [5.41, 5.74) is 6.43. The van der Waals surface area contributed by atoms with E-state index >= 15 is 0 Å². The lowest BCUT2D eigenvalue weighted by Gasteiger charge is -2.33. The summed E-state index contributed by atoms with van der Waals surface area (Å²) in [6.45, 7) is 3.30. The molecule has 1 aliphatic rings. The van der Waals surface area contributed by atoms with Crippen LogP contribution < -0.4 is 10.6 Å². The molecule has 17 heavy (non-hydrogen) atoms. The lowest BCUT2D eigenvalue weighted by Crippen LogP contribution is -2.37. The summed E-state index contributed by atoms with van der Waals surface area (Å²) < 4.78 is 5.23. The maximum absolute atomic E-state index is 5.58. The number of rotatable bonds is 4. The van der Waals surface area contributed by atoms with Gasteiger partial charge in [-0.15, -0.1) is 0 Å². The molecule has 94 valence electrons. The molecule has 0 aliphatic carbocycles. The fraction of sp³-hybridized carbons (Fsp3) is 0.667. The van der Waals surface area contributed by atoms with Gasteiger partial charge in [-0.1, -0.05) is 0 Å². The van der Waals surface area contributed by atoms with Crippen molar-refractivity contribution in [2.24, 2.45) is 11.7 Å². The third-order valence-corrected chi connectivity index (χ3v) is 3.13. The smallest absolute Gasteiger partial charge is 0.147 e. The first-order valence-corrected chi connectivity index (χ1v) is 6.08. The number of methoxy groups -OCH3 is 1. The molecule has 0 bridgehead atoms. The van der Waals surface area contributed by atoms with Crippen molar-refractivity contribution < 1.29 is 4.74 Å². The molecule has 2 heterocycles. The molecule has 1 aliphatic heterocycles. The molecule has 2 N–H and O–H groups in total. The van der Waals surface area contributed by atoms with Gasteiger partial charge in [0.25, 0.3) is 0 Å². The van der Waals surface area contributed by atoms with Crippen molar-refractivity contribution in [2.45, 2.75) is 19.4 Å². The van der Waals surface area contributed by atoms with Crippen LogP contribution in [0.25, 0.3) is 0 Å². The van der Waals surface area contributed by atoms with E-state index in [0.717, 1.165) is 31.2 Å². The van der Waals surface area contributed by atoms with E-state index < -0.39 is 0 Å². The van der Waals surface area contributed by atoms with Crippen LogP contribution in [0.3, 0.4) is 0 Å². The highest BCUT2D eigenvalue weighted by atomic mass is 16.5. The number of ether oxygens (including phenoxy) is 1. The maximum Gasteiger partial charge on any atom is 0.147 e. The summed E-state index contributed by atoms with van der Waals surface area (Å²) in [5, 5.41) is 0. The molecule has 0 saturated carbocycles. The van der Waals surface area contributed by atoms with Crippen LogP contribution >= 0.6 is 0 Å². The number of aromatic nitrogens is 2.